The molecule has 1 aliphatic heterocycles. The van der Waals surface area contributed by atoms with Crippen molar-refractivity contribution in [3.05, 3.63) is 23.0 Å². The van der Waals surface area contributed by atoms with E-state index >= 15 is 0 Å². The highest BCUT2D eigenvalue weighted by Gasteiger charge is 2.26. The van der Waals surface area contributed by atoms with Crippen molar-refractivity contribution in [2.75, 3.05) is 12.3 Å². The summed E-state index contributed by atoms with van der Waals surface area (Å²) in [5.41, 5.74) is 10.3. The van der Waals surface area contributed by atoms with Crippen molar-refractivity contribution < 1.29 is 0 Å². The normalized spacial score (nSPS) is 25.4. The van der Waals surface area contributed by atoms with Gasteiger partial charge in [0.15, 0.2) is 0 Å². The third-order valence-electron chi connectivity index (χ3n) is 3.94. The Kier molecular flexibility index (Phi) is 3.38. The topological polar surface area (TPSA) is 42.2 Å². The summed E-state index contributed by atoms with van der Waals surface area (Å²) in [6.45, 7) is 10.8. The minimum atomic E-state index is 0.661. The van der Waals surface area contributed by atoms with Crippen LogP contribution in [-0.4, -0.2) is 22.5 Å². The van der Waals surface area contributed by atoms with Crippen LogP contribution in [0.4, 0.5) is 5.69 Å². The van der Waals surface area contributed by atoms with Gasteiger partial charge in [-0.1, -0.05) is 6.92 Å². The van der Waals surface area contributed by atoms with Gasteiger partial charge in [0.05, 0.1) is 5.69 Å². The average molecular weight is 233 g/mol. The second kappa shape index (κ2) is 4.65. The molecule has 0 aliphatic carbocycles. The van der Waals surface area contributed by atoms with Crippen molar-refractivity contribution in [3.63, 3.8) is 0 Å². The highest BCUT2D eigenvalue weighted by atomic mass is 15.2. The zero-order valence-corrected chi connectivity index (χ0v) is 11.3. The zero-order valence-electron chi connectivity index (χ0n) is 11.3. The zero-order chi connectivity index (χ0) is 12.6. The Bertz CT molecular complexity index is 414. The Labute approximate surface area is 104 Å². The van der Waals surface area contributed by atoms with Gasteiger partial charge in [0, 0.05) is 31.0 Å². The molecule has 94 valence electrons. The van der Waals surface area contributed by atoms with Gasteiger partial charge >= 0.3 is 0 Å². The van der Waals surface area contributed by atoms with E-state index in [1.54, 1.807) is 0 Å². The van der Waals surface area contributed by atoms with Crippen molar-refractivity contribution in [2.24, 2.45) is 5.92 Å². The van der Waals surface area contributed by atoms with E-state index in [0.717, 1.165) is 35.0 Å². The number of likely N-dealkylation sites (tertiary alicyclic amines) is 1. The summed E-state index contributed by atoms with van der Waals surface area (Å²) in [4.78, 5) is 7.05. The number of nitrogen functional groups attached to an aromatic ring is 1. The van der Waals surface area contributed by atoms with E-state index in [2.05, 4.69) is 30.7 Å². The number of aromatic nitrogens is 1. The van der Waals surface area contributed by atoms with Crippen LogP contribution in [0.25, 0.3) is 0 Å². The van der Waals surface area contributed by atoms with Crippen molar-refractivity contribution in [1.29, 1.82) is 0 Å². The molecular weight excluding hydrogens is 210 g/mol. The minimum Gasteiger partial charge on any atom is -0.398 e. The van der Waals surface area contributed by atoms with E-state index in [9.17, 15) is 0 Å². The van der Waals surface area contributed by atoms with Gasteiger partial charge in [-0.05, 0) is 44.2 Å². The van der Waals surface area contributed by atoms with E-state index in [0.29, 0.717) is 6.04 Å². The molecule has 2 N–H and O–H groups in total. The van der Waals surface area contributed by atoms with E-state index in [4.69, 9.17) is 5.73 Å². The van der Waals surface area contributed by atoms with Crippen molar-refractivity contribution in [2.45, 2.75) is 46.7 Å². The van der Waals surface area contributed by atoms with Gasteiger partial charge in [-0.2, -0.15) is 0 Å². The fourth-order valence-electron chi connectivity index (χ4n) is 2.75. The van der Waals surface area contributed by atoms with Gasteiger partial charge in [-0.15, -0.1) is 0 Å². The maximum atomic E-state index is 6.06. The molecule has 1 saturated heterocycles. The first-order valence-electron chi connectivity index (χ1n) is 6.43. The van der Waals surface area contributed by atoms with Crippen LogP contribution in [0, 0.1) is 19.8 Å². The molecule has 3 nitrogen and oxygen atoms in total. The molecule has 2 unspecified atom stereocenters. The fraction of sp³-hybridized carbons (Fsp3) is 0.643. The summed E-state index contributed by atoms with van der Waals surface area (Å²) in [7, 11) is 0. The first-order chi connectivity index (χ1) is 7.99. The van der Waals surface area contributed by atoms with Crippen LogP contribution < -0.4 is 5.73 Å². The van der Waals surface area contributed by atoms with Crippen molar-refractivity contribution >= 4 is 5.69 Å². The Morgan fingerprint density at radius 2 is 2.12 bits per heavy atom. The molecule has 0 saturated carbocycles. The van der Waals surface area contributed by atoms with E-state index in [1.165, 1.54) is 13.0 Å². The third-order valence-corrected chi connectivity index (χ3v) is 3.94. The first kappa shape index (κ1) is 12.4. The molecule has 17 heavy (non-hydrogen) atoms. The molecule has 0 bridgehead atoms. The van der Waals surface area contributed by atoms with Gasteiger partial charge in [0.1, 0.15) is 0 Å². The number of anilines is 1. The van der Waals surface area contributed by atoms with E-state index in [1.807, 2.05) is 13.1 Å². The number of hydrogen-bond acceptors (Lipinski definition) is 3. The van der Waals surface area contributed by atoms with Crippen LogP contribution in [0.5, 0.6) is 0 Å². The van der Waals surface area contributed by atoms with Gasteiger partial charge < -0.3 is 5.73 Å². The second-order valence-electron chi connectivity index (χ2n) is 5.55. The number of hydrogen-bond donors (Lipinski definition) is 1. The minimum absolute atomic E-state index is 0.661. The number of nitrogens with zero attached hydrogens (tertiary/aromatic N) is 2. The summed E-state index contributed by atoms with van der Waals surface area (Å²) < 4.78 is 0. The van der Waals surface area contributed by atoms with Gasteiger partial charge in [0.2, 0.25) is 0 Å². The van der Waals surface area contributed by atoms with Crippen LogP contribution in [0.2, 0.25) is 0 Å². The Morgan fingerprint density at radius 3 is 2.71 bits per heavy atom. The van der Waals surface area contributed by atoms with Crippen LogP contribution in [0.3, 0.4) is 0 Å². The molecule has 0 amide bonds. The molecule has 1 aromatic rings. The number of aryl methyl sites for hydroxylation is 1. The van der Waals surface area contributed by atoms with Gasteiger partial charge in [0.25, 0.3) is 0 Å². The molecule has 1 fully saturated rings. The maximum absolute atomic E-state index is 6.06. The summed E-state index contributed by atoms with van der Waals surface area (Å²) >= 11 is 0. The number of nitrogens with two attached hydrogens (primary N) is 1. The van der Waals surface area contributed by atoms with E-state index < -0.39 is 0 Å². The molecule has 1 aliphatic rings. The standard InChI is InChI=1S/C14H23N3/c1-9-5-11(3)17(7-9)8-13-12(4)14(15)10(2)6-16-13/h6,9,11H,5,7-8H2,1-4H3,(H2,15,16). The summed E-state index contributed by atoms with van der Waals surface area (Å²) in [5, 5.41) is 0. The van der Waals surface area contributed by atoms with Crippen molar-refractivity contribution in [1.82, 2.24) is 9.88 Å². The van der Waals surface area contributed by atoms with Crippen molar-refractivity contribution in [3.8, 4) is 0 Å². The predicted octanol–water partition coefficient (Wildman–Crippen LogP) is 2.51. The molecule has 2 rings (SSSR count). The first-order valence-corrected chi connectivity index (χ1v) is 6.43. The lowest BCUT2D eigenvalue weighted by molar-refractivity contribution is 0.253. The Hall–Kier alpha value is -1.09. The lowest BCUT2D eigenvalue weighted by atomic mass is 10.1. The SMILES string of the molecule is Cc1cnc(CN2CC(C)CC2C)c(C)c1N. The van der Waals surface area contributed by atoms with Crippen LogP contribution in [-0.2, 0) is 6.54 Å². The molecule has 1 aromatic heterocycles. The molecule has 0 spiro atoms. The quantitative estimate of drug-likeness (QED) is 0.853. The lowest BCUT2D eigenvalue weighted by Gasteiger charge is -2.22. The van der Waals surface area contributed by atoms with Crippen LogP contribution in [0.15, 0.2) is 6.20 Å². The molecule has 3 heteroatoms. The smallest absolute Gasteiger partial charge is 0.0593 e. The average Bonchev–Trinajstić information content (AvgIpc) is 2.58. The highest BCUT2D eigenvalue weighted by Crippen LogP contribution is 2.26. The fourth-order valence-corrected chi connectivity index (χ4v) is 2.75. The third kappa shape index (κ3) is 2.44. The Morgan fingerprint density at radius 1 is 1.41 bits per heavy atom. The molecule has 0 radical (unpaired) electrons. The summed E-state index contributed by atoms with van der Waals surface area (Å²) in [6.07, 6.45) is 3.18. The molecular formula is C14H23N3. The molecule has 2 heterocycles. The largest absolute Gasteiger partial charge is 0.398 e. The van der Waals surface area contributed by atoms with E-state index in [-0.39, 0.29) is 0 Å². The summed E-state index contributed by atoms with van der Waals surface area (Å²) in [6, 6.07) is 0.661. The van der Waals surface area contributed by atoms with Gasteiger partial charge in [-0.25, -0.2) is 0 Å². The monoisotopic (exact) mass is 233 g/mol. The highest BCUT2D eigenvalue weighted by molar-refractivity contribution is 5.53. The number of pyridine rings is 1. The lowest BCUT2D eigenvalue weighted by Crippen LogP contribution is -2.27. The summed E-state index contributed by atoms with van der Waals surface area (Å²) in [5.74, 6) is 0.799. The predicted molar refractivity (Wildman–Crippen MR) is 71.8 cm³/mol. The van der Waals surface area contributed by atoms with Crippen LogP contribution in [0.1, 0.15) is 37.1 Å². The Balaban J connectivity index is 2.17. The van der Waals surface area contributed by atoms with Gasteiger partial charge in [-0.3, -0.25) is 9.88 Å². The second-order valence-corrected chi connectivity index (χ2v) is 5.55. The molecule has 2 atom stereocenters. The molecule has 0 aromatic carbocycles. The maximum Gasteiger partial charge on any atom is 0.0593 e. The van der Waals surface area contributed by atoms with Crippen LogP contribution >= 0.6 is 0 Å². The number of rotatable bonds is 2.